The van der Waals surface area contributed by atoms with E-state index >= 15 is 0 Å². The van der Waals surface area contributed by atoms with Crippen LogP contribution in [0.1, 0.15) is 39.0 Å². The number of nitrogens with one attached hydrogen (secondary N) is 1. The van der Waals surface area contributed by atoms with Gasteiger partial charge in [0.05, 0.1) is 12.6 Å². The summed E-state index contributed by atoms with van der Waals surface area (Å²) in [6.45, 7) is 10.3. The predicted octanol–water partition coefficient (Wildman–Crippen LogP) is 6.09. The number of carbonyl (C=O) groups excluding carboxylic acids is 1. The number of anilines is 1. The number of rotatable bonds is 4. The lowest BCUT2D eigenvalue weighted by Gasteiger charge is -2.35. The first-order valence-electron chi connectivity index (χ1n) is 11.7. The van der Waals surface area contributed by atoms with Crippen molar-refractivity contribution in [3.63, 3.8) is 0 Å². The number of nitrogens with zero attached hydrogens (tertiary/aromatic N) is 4. The molecule has 3 aromatic rings. The molecule has 0 aliphatic carbocycles. The molecule has 1 aliphatic heterocycles. The third-order valence-electron chi connectivity index (χ3n) is 5.16. The van der Waals surface area contributed by atoms with Crippen molar-refractivity contribution in [3.05, 3.63) is 65.1 Å². The standard InChI is InChI=1S/C21H19ClF3N5O.2C2H6/c22-16-4-2-1-3-14(16)11-19(31)30-9-7-29(8-10-30)18-6-5-15(12-26-18)20-27-13-17(28-20)21(23,24)25;2*1-2/h1-6,12-13H,7-11H2,(H,27,28);2*1-2H3. The van der Waals surface area contributed by atoms with Gasteiger partial charge in [-0.05, 0) is 23.8 Å². The minimum atomic E-state index is -4.47. The normalized spacial score (nSPS) is 13.4. The highest BCUT2D eigenvalue weighted by Gasteiger charge is 2.33. The van der Waals surface area contributed by atoms with Gasteiger partial charge in [0.2, 0.25) is 5.91 Å². The van der Waals surface area contributed by atoms with E-state index in [2.05, 4.69) is 15.0 Å². The van der Waals surface area contributed by atoms with Crippen molar-refractivity contribution in [1.29, 1.82) is 0 Å². The maximum Gasteiger partial charge on any atom is 0.432 e. The first-order chi connectivity index (χ1) is 16.8. The number of imidazole rings is 1. The SMILES string of the molecule is CC.CC.O=C(Cc1ccccc1Cl)N1CCN(c2ccc(-c3ncc(C(F)(F)F)[nH]3)cn2)CC1. The number of pyridine rings is 1. The second-order valence-corrected chi connectivity index (χ2v) is 7.59. The average Bonchev–Trinajstić information content (AvgIpc) is 3.39. The Morgan fingerprint density at radius 1 is 0.971 bits per heavy atom. The number of benzene rings is 1. The fourth-order valence-electron chi connectivity index (χ4n) is 3.43. The minimum absolute atomic E-state index is 0.0225. The van der Waals surface area contributed by atoms with Gasteiger partial charge in [0.25, 0.3) is 0 Å². The van der Waals surface area contributed by atoms with Crippen molar-refractivity contribution in [1.82, 2.24) is 19.9 Å². The molecule has 4 rings (SSSR count). The number of hydrogen-bond acceptors (Lipinski definition) is 4. The number of carbonyl (C=O) groups is 1. The summed E-state index contributed by atoms with van der Waals surface area (Å²) in [4.78, 5) is 26.8. The first kappa shape index (κ1) is 28.2. The molecule has 0 atom stereocenters. The van der Waals surface area contributed by atoms with E-state index in [-0.39, 0.29) is 18.2 Å². The highest BCUT2D eigenvalue weighted by molar-refractivity contribution is 6.31. The van der Waals surface area contributed by atoms with Crippen LogP contribution in [0.2, 0.25) is 5.02 Å². The second kappa shape index (κ2) is 13.1. The van der Waals surface area contributed by atoms with Crippen LogP contribution < -0.4 is 4.90 Å². The molecular formula is C25H31ClF3N5O. The van der Waals surface area contributed by atoms with Gasteiger partial charge < -0.3 is 14.8 Å². The molecule has 1 N–H and O–H groups in total. The Kier molecular flexibility index (Phi) is 10.6. The molecule has 10 heteroatoms. The average molecular weight is 510 g/mol. The Morgan fingerprint density at radius 2 is 1.63 bits per heavy atom. The maximum atomic E-state index is 12.7. The summed E-state index contributed by atoms with van der Waals surface area (Å²) in [6, 6.07) is 10.7. The second-order valence-electron chi connectivity index (χ2n) is 7.18. The van der Waals surface area contributed by atoms with Crippen LogP contribution >= 0.6 is 11.6 Å². The Bertz CT molecular complexity index is 1060. The molecule has 0 bridgehead atoms. The summed E-state index contributed by atoms with van der Waals surface area (Å²) in [5.74, 6) is 0.834. The molecule has 0 unspecified atom stereocenters. The summed E-state index contributed by atoms with van der Waals surface area (Å²) < 4.78 is 38.2. The number of amides is 1. The number of aromatic nitrogens is 3. The Hall–Kier alpha value is -3.07. The molecule has 2 aromatic heterocycles. The van der Waals surface area contributed by atoms with Crippen LogP contribution in [0.15, 0.2) is 48.8 Å². The van der Waals surface area contributed by atoms with Crippen molar-refractivity contribution in [2.45, 2.75) is 40.3 Å². The summed E-state index contributed by atoms with van der Waals surface area (Å²) in [7, 11) is 0. The Morgan fingerprint density at radius 3 is 2.17 bits per heavy atom. The largest absolute Gasteiger partial charge is 0.432 e. The number of piperazine rings is 1. The molecule has 190 valence electrons. The quantitative estimate of drug-likeness (QED) is 0.462. The molecular weight excluding hydrogens is 479 g/mol. The molecule has 35 heavy (non-hydrogen) atoms. The molecule has 3 heterocycles. The molecule has 6 nitrogen and oxygen atoms in total. The van der Waals surface area contributed by atoms with Crippen molar-refractivity contribution >= 4 is 23.3 Å². The lowest BCUT2D eigenvalue weighted by Crippen LogP contribution is -2.49. The zero-order valence-electron chi connectivity index (χ0n) is 20.4. The molecule has 0 radical (unpaired) electrons. The van der Waals surface area contributed by atoms with Gasteiger partial charge in [-0.25, -0.2) is 9.97 Å². The molecule has 1 saturated heterocycles. The van der Waals surface area contributed by atoms with Gasteiger partial charge in [0.15, 0.2) is 0 Å². The summed E-state index contributed by atoms with van der Waals surface area (Å²) in [5.41, 5.74) is 0.373. The van der Waals surface area contributed by atoms with Gasteiger partial charge in [0, 0.05) is 43.0 Å². The zero-order chi connectivity index (χ0) is 26.0. The maximum absolute atomic E-state index is 12.7. The third-order valence-corrected chi connectivity index (χ3v) is 5.53. The Labute approximate surface area is 209 Å². The van der Waals surface area contributed by atoms with Crippen molar-refractivity contribution < 1.29 is 18.0 Å². The summed E-state index contributed by atoms with van der Waals surface area (Å²) >= 11 is 6.14. The number of alkyl halides is 3. The van der Waals surface area contributed by atoms with Gasteiger partial charge in [-0.15, -0.1) is 0 Å². The van der Waals surface area contributed by atoms with Crippen LogP contribution in [0.25, 0.3) is 11.4 Å². The van der Waals surface area contributed by atoms with Crippen molar-refractivity contribution in [2.75, 3.05) is 31.1 Å². The smallest absolute Gasteiger partial charge is 0.353 e. The topological polar surface area (TPSA) is 65.1 Å². The fraction of sp³-hybridized carbons (Fsp3) is 0.400. The first-order valence-corrected chi connectivity index (χ1v) is 12.0. The van der Waals surface area contributed by atoms with Gasteiger partial charge >= 0.3 is 6.18 Å². The molecule has 1 aromatic carbocycles. The number of H-pyrrole nitrogens is 1. The van der Waals surface area contributed by atoms with Crippen LogP contribution in [0, 0.1) is 0 Å². The van der Waals surface area contributed by atoms with Crippen LogP contribution in [-0.2, 0) is 17.4 Å². The fourth-order valence-corrected chi connectivity index (χ4v) is 3.63. The van der Waals surface area contributed by atoms with Crippen LogP contribution in [0.3, 0.4) is 0 Å². The molecule has 1 amide bonds. The van der Waals surface area contributed by atoms with E-state index < -0.39 is 11.9 Å². The molecule has 1 aliphatic rings. The number of halogens is 4. The lowest BCUT2D eigenvalue weighted by molar-refractivity contribution is -0.140. The molecule has 1 fully saturated rings. The van der Waals surface area contributed by atoms with Crippen molar-refractivity contribution in [2.24, 2.45) is 0 Å². The highest BCUT2D eigenvalue weighted by atomic mass is 35.5. The van der Waals surface area contributed by atoms with E-state index in [1.807, 2.05) is 50.8 Å². The van der Waals surface area contributed by atoms with Crippen LogP contribution in [0.4, 0.5) is 19.0 Å². The van der Waals surface area contributed by atoms with Gasteiger partial charge in [-0.1, -0.05) is 57.5 Å². The lowest BCUT2D eigenvalue weighted by atomic mass is 10.1. The van der Waals surface area contributed by atoms with E-state index in [1.165, 1.54) is 6.20 Å². The van der Waals surface area contributed by atoms with Gasteiger partial charge in [-0.2, -0.15) is 13.2 Å². The zero-order valence-corrected chi connectivity index (χ0v) is 21.1. The molecule has 0 spiro atoms. The molecule has 0 saturated carbocycles. The monoisotopic (exact) mass is 509 g/mol. The van der Waals surface area contributed by atoms with Crippen LogP contribution in [-0.4, -0.2) is 51.9 Å². The van der Waals surface area contributed by atoms with E-state index in [1.54, 1.807) is 23.1 Å². The highest BCUT2D eigenvalue weighted by Crippen LogP contribution is 2.29. The van der Waals surface area contributed by atoms with E-state index in [0.717, 1.165) is 11.8 Å². The summed E-state index contributed by atoms with van der Waals surface area (Å²) in [6.07, 6.45) is -1.96. The number of aromatic amines is 1. The van der Waals surface area contributed by atoms with E-state index in [9.17, 15) is 18.0 Å². The van der Waals surface area contributed by atoms with E-state index in [4.69, 9.17) is 11.6 Å². The Balaban J connectivity index is 0.00000103. The summed E-state index contributed by atoms with van der Waals surface area (Å²) in [5, 5.41) is 0.581. The van der Waals surface area contributed by atoms with E-state index in [0.29, 0.717) is 42.6 Å². The van der Waals surface area contributed by atoms with Gasteiger partial charge in [-0.3, -0.25) is 4.79 Å². The predicted molar refractivity (Wildman–Crippen MR) is 133 cm³/mol. The van der Waals surface area contributed by atoms with Crippen LogP contribution in [0.5, 0.6) is 0 Å². The minimum Gasteiger partial charge on any atom is -0.353 e. The number of hydrogen-bond donors (Lipinski definition) is 1. The van der Waals surface area contributed by atoms with Gasteiger partial charge in [0.1, 0.15) is 17.3 Å². The third kappa shape index (κ3) is 7.45. The van der Waals surface area contributed by atoms with Crippen molar-refractivity contribution in [3.8, 4) is 11.4 Å².